The molecule has 0 bridgehead atoms. The molecule has 0 spiro atoms. The Hall–Kier alpha value is -2.01. The lowest BCUT2D eigenvalue weighted by atomic mass is 10.1. The fourth-order valence-corrected chi connectivity index (χ4v) is 5.52. The Morgan fingerprint density at radius 2 is 2.13 bits per heavy atom. The van der Waals surface area contributed by atoms with Crippen LogP contribution >= 0.6 is 34.4 Å². The molecule has 1 aliphatic rings. The van der Waals surface area contributed by atoms with Gasteiger partial charge < -0.3 is 15.4 Å². The highest BCUT2D eigenvalue weighted by Gasteiger charge is 2.16. The van der Waals surface area contributed by atoms with Crippen molar-refractivity contribution in [2.45, 2.75) is 43.1 Å². The summed E-state index contributed by atoms with van der Waals surface area (Å²) in [4.78, 5) is 16.9. The summed E-state index contributed by atoms with van der Waals surface area (Å²) in [5.74, 6) is 0.161. The summed E-state index contributed by atoms with van der Waals surface area (Å²) in [6.07, 6.45) is 4.66. The zero-order valence-electron chi connectivity index (χ0n) is 17.3. The summed E-state index contributed by atoms with van der Waals surface area (Å²) >= 11 is 4.26. The summed E-state index contributed by atoms with van der Waals surface area (Å²) in [6, 6.07) is 8.45. The Morgan fingerprint density at radius 1 is 1.26 bits per heavy atom. The van der Waals surface area contributed by atoms with Gasteiger partial charge in [-0.3, -0.25) is 4.79 Å². The molecule has 1 aliphatic heterocycles. The molecule has 7 nitrogen and oxygen atoms in total. The number of benzene rings is 1. The second-order valence-electron chi connectivity index (χ2n) is 7.21. The van der Waals surface area contributed by atoms with Crippen LogP contribution in [-0.2, 0) is 16.0 Å². The number of hydrogen-bond donors (Lipinski definition) is 2. The molecule has 1 saturated heterocycles. The molecule has 164 valence electrons. The maximum atomic E-state index is 12.3. The van der Waals surface area contributed by atoms with E-state index in [0.29, 0.717) is 5.13 Å². The summed E-state index contributed by atoms with van der Waals surface area (Å²) in [5, 5.41) is 17.7. The molecular weight excluding hydrogens is 450 g/mol. The Kier molecular flexibility index (Phi) is 7.90. The fourth-order valence-electron chi connectivity index (χ4n) is 3.22. The fraction of sp³-hybridized carbons (Fsp3) is 0.429. The number of aryl methyl sites for hydroxylation is 1. The Labute approximate surface area is 194 Å². The molecule has 2 N–H and O–H groups in total. The van der Waals surface area contributed by atoms with Crippen LogP contribution in [0.4, 0.5) is 10.3 Å². The maximum Gasteiger partial charge on any atom is 0.236 e. The number of anilines is 2. The molecule has 10 heteroatoms. The first-order chi connectivity index (χ1) is 15.2. The molecule has 3 aromatic rings. The smallest absolute Gasteiger partial charge is 0.236 e. The average Bonchev–Trinajstić information content (AvgIpc) is 3.54. The topological polar surface area (TPSA) is 89.0 Å². The van der Waals surface area contributed by atoms with E-state index in [2.05, 4.69) is 57.0 Å². The van der Waals surface area contributed by atoms with Gasteiger partial charge in [-0.2, -0.15) is 0 Å². The van der Waals surface area contributed by atoms with E-state index >= 15 is 0 Å². The lowest BCUT2D eigenvalue weighted by Gasteiger charge is -2.08. The number of carbonyl (C=O) groups excluding carboxylic acids is 1. The highest BCUT2D eigenvalue weighted by molar-refractivity contribution is 8.01. The van der Waals surface area contributed by atoms with Crippen molar-refractivity contribution < 1.29 is 9.53 Å². The van der Waals surface area contributed by atoms with E-state index in [9.17, 15) is 4.79 Å². The molecule has 4 rings (SSSR count). The Bertz CT molecular complexity index is 983. The summed E-state index contributed by atoms with van der Waals surface area (Å²) in [5.41, 5.74) is 3.26. The van der Waals surface area contributed by atoms with Crippen molar-refractivity contribution in [2.24, 2.45) is 0 Å². The number of rotatable bonds is 10. The van der Waals surface area contributed by atoms with E-state index in [1.807, 2.05) is 5.38 Å². The monoisotopic (exact) mass is 475 g/mol. The van der Waals surface area contributed by atoms with Gasteiger partial charge in [0.2, 0.25) is 11.0 Å². The third-order valence-corrected chi connectivity index (χ3v) is 7.55. The van der Waals surface area contributed by atoms with Gasteiger partial charge in [0.15, 0.2) is 9.47 Å². The third kappa shape index (κ3) is 6.49. The van der Waals surface area contributed by atoms with Gasteiger partial charge in [0.25, 0.3) is 0 Å². The highest BCUT2D eigenvalue weighted by Crippen LogP contribution is 2.28. The van der Waals surface area contributed by atoms with Crippen molar-refractivity contribution in [3.63, 3.8) is 0 Å². The van der Waals surface area contributed by atoms with Crippen molar-refractivity contribution in [3.05, 3.63) is 35.2 Å². The number of thiazole rings is 1. The molecule has 0 saturated carbocycles. The van der Waals surface area contributed by atoms with E-state index in [4.69, 9.17) is 4.74 Å². The molecule has 0 aliphatic carbocycles. The Morgan fingerprint density at radius 3 is 2.90 bits per heavy atom. The molecule has 1 atom stereocenters. The number of nitrogens with zero attached hydrogens (tertiary/aromatic N) is 3. The van der Waals surface area contributed by atoms with Crippen molar-refractivity contribution in [3.8, 4) is 11.3 Å². The molecule has 1 aromatic carbocycles. The normalized spacial score (nSPS) is 15.8. The second-order valence-corrected chi connectivity index (χ2v) is 10.3. The number of hydrogen-bond acceptors (Lipinski definition) is 9. The van der Waals surface area contributed by atoms with Crippen molar-refractivity contribution in [1.82, 2.24) is 15.2 Å². The molecule has 2 aromatic heterocycles. The summed E-state index contributed by atoms with van der Waals surface area (Å²) in [7, 11) is 0. The van der Waals surface area contributed by atoms with Crippen LogP contribution in [0.3, 0.4) is 0 Å². The molecule has 1 amide bonds. The van der Waals surface area contributed by atoms with Crippen molar-refractivity contribution >= 4 is 50.6 Å². The summed E-state index contributed by atoms with van der Waals surface area (Å²) < 4.78 is 6.35. The SMILES string of the molecule is CCCc1ccc(-c2csc(NC(=O)CSc3nnc(NCC4CCCO4)s3)n2)cc1. The van der Waals surface area contributed by atoms with Gasteiger partial charge in [0, 0.05) is 24.1 Å². The standard InChI is InChI=1S/C21H25N5O2S3/c1-2-4-14-6-8-15(9-7-14)17-12-29-20(23-17)24-18(27)13-30-21-26-25-19(31-21)22-11-16-5-3-10-28-16/h6-9,12,16H,2-5,10-11,13H2,1H3,(H,22,25)(H,23,24,27). The van der Waals surface area contributed by atoms with Gasteiger partial charge in [-0.15, -0.1) is 21.5 Å². The van der Waals surface area contributed by atoms with E-state index in [1.54, 1.807) is 0 Å². The molecule has 1 unspecified atom stereocenters. The van der Waals surface area contributed by atoms with E-state index in [0.717, 1.165) is 59.6 Å². The predicted molar refractivity (Wildman–Crippen MR) is 128 cm³/mol. The lowest BCUT2D eigenvalue weighted by molar-refractivity contribution is -0.113. The minimum absolute atomic E-state index is 0.103. The lowest BCUT2D eigenvalue weighted by Crippen LogP contribution is -2.18. The molecule has 0 radical (unpaired) electrons. The van der Waals surface area contributed by atoms with Crippen molar-refractivity contribution in [2.75, 3.05) is 29.5 Å². The van der Waals surface area contributed by atoms with Crippen LogP contribution in [0.5, 0.6) is 0 Å². The van der Waals surface area contributed by atoms with E-state index < -0.39 is 0 Å². The van der Waals surface area contributed by atoms with Gasteiger partial charge in [-0.1, -0.05) is 60.7 Å². The van der Waals surface area contributed by atoms with Gasteiger partial charge in [0.1, 0.15) is 0 Å². The van der Waals surface area contributed by atoms with Crippen LogP contribution in [0.1, 0.15) is 31.7 Å². The molecule has 3 heterocycles. The van der Waals surface area contributed by atoms with E-state index in [1.165, 1.54) is 40.0 Å². The minimum atomic E-state index is -0.103. The van der Waals surface area contributed by atoms with Gasteiger partial charge in [0.05, 0.1) is 17.6 Å². The number of ether oxygens (including phenoxy) is 1. The number of nitrogens with one attached hydrogen (secondary N) is 2. The summed E-state index contributed by atoms with van der Waals surface area (Å²) in [6.45, 7) is 3.76. The van der Waals surface area contributed by atoms with Crippen LogP contribution in [0.2, 0.25) is 0 Å². The Balaban J connectivity index is 1.23. The zero-order valence-corrected chi connectivity index (χ0v) is 19.7. The highest BCUT2D eigenvalue weighted by atomic mass is 32.2. The molecule has 31 heavy (non-hydrogen) atoms. The van der Waals surface area contributed by atoms with Crippen LogP contribution < -0.4 is 10.6 Å². The zero-order chi connectivity index (χ0) is 21.5. The number of thioether (sulfide) groups is 1. The third-order valence-electron chi connectivity index (χ3n) is 4.78. The average molecular weight is 476 g/mol. The largest absolute Gasteiger partial charge is 0.376 e. The van der Waals surface area contributed by atoms with Crippen LogP contribution in [0.25, 0.3) is 11.3 Å². The molecular formula is C21H25N5O2S3. The van der Waals surface area contributed by atoms with Crippen LogP contribution in [0, 0.1) is 0 Å². The van der Waals surface area contributed by atoms with Gasteiger partial charge in [-0.25, -0.2) is 4.98 Å². The maximum absolute atomic E-state index is 12.3. The predicted octanol–water partition coefficient (Wildman–Crippen LogP) is 4.94. The molecule has 1 fully saturated rings. The second kappa shape index (κ2) is 11.0. The first kappa shape index (κ1) is 22.2. The number of aromatic nitrogens is 3. The van der Waals surface area contributed by atoms with Crippen LogP contribution in [0.15, 0.2) is 34.0 Å². The van der Waals surface area contributed by atoms with Crippen molar-refractivity contribution in [1.29, 1.82) is 0 Å². The quantitative estimate of drug-likeness (QED) is 0.402. The first-order valence-corrected chi connectivity index (χ1v) is 13.0. The number of carbonyl (C=O) groups is 1. The van der Waals surface area contributed by atoms with Gasteiger partial charge >= 0.3 is 0 Å². The first-order valence-electron chi connectivity index (χ1n) is 10.4. The van der Waals surface area contributed by atoms with Gasteiger partial charge in [-0.05, 0) is 24.8 Å². The minimum Gasteiger partial charge on any atom is -0.376 e. The van der Waals surface area contributed by atoms with Crippen LogP contribution in [-0.4, -0.2) is 46.1 Å². The number of amides is 1. The van der Waals surface area contributed by atoms with E-state index in [-0.39, 0.29) is 17.8 Å².